The Morgan fingerprint density at radius 3 is 2.38 bits per heavy atom. The van der Waals surface area contributed by atoms with Crippen LogP contribution in [0.1, 0.15) is 79.1 Å². The third-order valence-electron chi connectivity index (χ3n) is 9.42. The standard InChI is InChI=1S/C22H36O2/c1-13-11-19-17-6-5-15-12-16(24)7-9-21(15,3)18(17)8-10-22(19,4)20(13)14(2)23/h13,15-20,24H,5-12H2,1-4H3/t13-,15-,16-,17-,18+,19+,20-,21+,22+/m1/s1. The molecule has 0 aromatic heterocycles. The van der Waals surface area contributed by atoms with Gasteiger partial charge >= 0.3 is 0 Å². The molecule has 0 saturated heterocycles. The number of ketones is 1. The van der Waals surface area contributed by atoms with E-state index in [1.165, 1.54) is 38.5 Å². The summed E-state index contributed by atoms with van der Waals surface area (Å²) in [7, 11) is 0. The minimum atomic E-state index is -0.0536. The minimum Gasteiger partial charge on any atom is -0.393 e. The van der Waals surface area contributed by atoms with Gasteiger partial charge in [0.2, 0.25) is 0 Å². The predicted molar refractivity (Wildman–Crippen MR) is 96.5 cm³/mol. The molecule has 0 radical (unpaired) electrons. The highest BCUT2D eigenvalue weighted by atomic mass is 16.3. The third-order valence-corrected chi connectivity index (χ3v) is 9.42. The Bertz CT molecular complexity index is 528. The van der Waals surface area contributed by atoms with E-state index in [4.69, 9.17) is 0 Å². The summed E-state index contributed by atoms with van der Waals surface area (Å²) in [6.07, 6.45) is 9.69. The van der Waals surface area contributed by atoms with Crippen molar-refractivity contribution >= 4 is 5.78 Å². The SMILES string of the molecule is CC(=O)[C@H]1[C@H](C)C[C@H]2[C@@H]3CC[C@@H]4C[C@H](O)CC[C@]4(C)[C@H]3CC[C@@]21C. The van der Waals surface area contributed by atoms with Crippen LogP contribution in [0.3, 0.4) is 0 Å². The monoisotopic (exact) mass is 332 g/mol. The van der Waals surface area contributed by atoms with Crippen LogP contribution in [0.25, 0.3) is 0 Å². The molecule has 4 fully saturated rings. The smallest absolute Gasteiger partial charge is 0.133 e. The van der Waals surface area contributed by atoms with Crippen LogP contribution in [-0.4, -0.2) is 17.0 Å². The number of hydrogen-bond donors (Lipinski definition) is 1. The van der Waals surface area contributed by atoms with Gasteiger partial charge in [-0.25, -0.2) is 0 Å². The molecule has 1 N–H and O–H groups in total. The number of Topliss-reactive ketones (excluding diaryl/α,β-unsaturated/α-hetero) is 1. The molecule has 4 aliphatic rings. The van der Waals surface area contributed by atoms with Crippen molar-refractivity contribution in [1.82, 2.24) is 0 Å². The Morgan fingerprint density at radius 2 is 1.67 bits per heavy atom. The molecule has 2 nitrogen and oxygen atoms in total. The maximum Gasteiger partial charge on any atom is 0.133 e. The number of aliphatic hydroxyl groups excluding tert-OH is 1. The van der Waals surface area contributed by atoms with E-state index in [0.29, 0.717) is 23.0 Å². The van der Waals surface area contributed by atoms with Crippen molar-refractivity contribution < 1.29 is 9.90 Å². The van der Waals surface area contributed by atoms with Gasteiger partial charge in [0.15, 0.2) is 0 Å². The summed E-state index contributed by atoms with van der Waals surface area (Å²) in [6.45, 7) is 9.16. The second-order valence-corrected chi connectivity index (χ2v) is 10.4. The molecule has 4 saturated carbocycles. The molecule has 0 amide bonds. The van der Waals surface area contributed by atoms with Crippen LogP contribution >= 0.6 is 0 Å². The van der Waals surface area contributed by atoms with Crippen molar-refractivity contribution in [2.45, 2.75) is 85.2 Å². The Kier molecular flexibility index (Phi) is 3.95. The molecule has 24 heavy (non-hydrogen) atoms. The predicted octanol–water partition coefficient (Wildman–Crippen LogP) is 4.84. The van der Waals surface area contributed by atoms with Crippen LogP contribution in [0, 0.1) is 46.3 Å². The Hall–Kier alpha value is -0.370. The molecular formula is C22H36O2. The summed E-state index contributed by atoms with van der Waals surface area (Å²) in [5, 5.41) is 10.1. The first-order chi connectivity index (χ1) is 11.3. The lowest BCUT2D eigenvalue weighted by Crippen LogP contribution is -2.54. The van der Waals surface area contributed by atoms with Crippen molar-refractivity contribution in [3.05, 3.63) is 0 Å². The topological polar surface area (TPSA) is 37.3 Å². The molecule has 0 aliphatic heterocycles. The van der Waals surface area contributed by atoms with E-state index < -0.39 is 0 Å². The van der Waals surface area contributed by atoms with E-state index in [2.05, 4.69) is 20.8 Å². The van der Waals surface area contributed by atoms with Crippen LogP contribution in [0.4, 0.5) is 0 Å². The van der Waals surface area contributed by atoms with E-state index in [-0.39, 0.29) is 11.5 Å². The molecule has 0 unspecified atom stereocenters. The highest BCUT2D eigenvalue weighted by molar-refractivity contribution is 5.80. The van der Waals surface area contributed by atoms with Gasteiger partial charge in [0, 0.05) is 5.92 Å². The van der Waals surface area contributed by atoms with Crippen molar-refractivity contribution in [3.63, 3.8) is 0 Å². The maximum absolute atomic E-state index is 12.4. The number of hydrogen-bond acceptors (Lipinski definition) is 2. The van der Waals surface area contributed by atoms with Crippen LogP contribution in [0.2, 0.25) is 0 Å². The van der Waals surface area contributed by atoms with Gasteiger partial charge < -0.3 is 5.11 Å². The first-order valence-electron chi connectivity index (χ1n) is 10.5. The Morgan fingerprint density at radius 1 is 0.958 bits per heavy atom. The number of aliphatic hydroxyl groups is 1. The number of carbonyl (C=O) groups is 1. The van der Waals surface area contributed by atoms with E-state index in [1.54, 1.807) is 0 Å². The maximum atomic E-state index is 12.4. The summed E-state index contributed by atoms with van der Waals surface area (Å²) in [5.74, 6) is 4.44. The molecule has 9 atom stereocenters. The molecule has 136 valence electrons. The summed E-state index contributed by atoms with van der Waals surface area (Å²) in [4.78, 5) is 12.4. The molecule has 0 aromatic rings. The van der Waals surface area contributed by atoms with Gasteiger partial charge in [-0.3, -0.25) is 4.79 Å². The molecule has 0 bridgehead atoms. The zero-order chi connectivity index (χ0) is 17.3. The fraction of sp³-hybridized carbons (Fsp3) is 0.955. The molecule has 0 heterocycles. The fourth-order valence-corrected chi connectivity index (χ4v) is 8.46. The second kappa shape index (κ2) is 5.56. The van der Waals surface area contributed by atoms with Crippen LogP contribution < -0.4 is 0 Å². The molecule has 2 heteroatoms. The van der Waals surface area contributed by atoms with Gasteiger partial charge in [-0.05, 0) is 98.7 Å². The minimum absolute atomic E-state index is 0.0536. The molecule has 4 rings (SSSR count). The lowest BCUT2D eigenvalue weighted by Gasteiger charge is -2.60. The van der Waals surface area contributed by atoms with Crippen molar-refractivity contribution in [2.24, 2.45) is 46.3 Å². The molecule has 0 spiro atoms. The zero-order valence-corrected chi connectivity index (χ0v) is 16.1. The summed E-state index contributed by atoms with van der Waals surface area (Å²) >= 11 is 0. The van der Waals surface area contributed by atoms with Gasteiger partial charge in [0.1, 0.15) is 5.78 Å². The lowest BCUT2D eigenvalue weighted by atomic mass is 9.44. The number of rotatable bonds is 1. The largest absolute Gasteiger partial charge is 0.393 e. The molecule has 0 aromatic carbocycles. The zero-order valence-electron chi connectivity index (χ0n) is 16.1. The van der Waals surface area contributed by atoms with E-state index in [0.717, 1.165) is 36.5 Å². The summed E-state index contributed by atoms with van der Waals surface area (Å²) in [5.41, 5.74) is 0.699. The first-order valence-corrected chi connectivity index (χ1v) is 10.5. The fourth-order valence-electron chi connectivity index (χ4n) is 8.46. The quantitative estimate of drug-likeness (QED) is 0.746. The Labute approximate surface area is 147 Å². The van der Waals surface area contributed by atoms with Gasteiger partial charge in [0.05, 0.1) is 6.10 Å². The van der Waals surface area contributed by atoms with Gasteiger partial charge in [-0.2, -0.15) is 0 Å². The van der Waals surface area contributed by atoms with Crippen LogP contribution in [0.5, 0.6) is 0 Å². The normalized spacial score (nSPS) is 57.0. The highest BCUT2D eigenvalue weighted by Crippen LogP contribution is 2.68. The Balaban J connectivity index is 1.64. The average Bonchev–Trinajstić information content (AvgIpc) is 2.78. The van der Waals surface area contributed by atoms with Crippen LogP contribution in [-0.2, 0) is 4.79 Å². The first kappa shape index (κ1) is 17.1. The van der Waals surface area contributed by atoms with Crippen molar-refractivity contribution in [1.29, 1.82) is 0 Å². The third kappa shape index (κ3) is 2.20. The van der Waals surface area contributed by atoms with Crippen molar-refractivity contribution in [2.75, 3.05) is 0 Å². The van der Waals surface area contributed by atoms with Gasteiger partial charge in [-0.1, -0.05) is 20.8 Å². The van der Waals surface area contributed by atoms with Crippen molar-refractivity contribution in [3.8, 4) is 0 Å². The second-order valence-electron chi connectivity index (χ2n) is 10.4. The lowest BCUT2D eigenvalue weighted by molar-refractivity contribution is -0.139. The highest BCUT2D eigenvalue weighted by Gasteiger charge is 2.62. The summed E-state index contributed by atoms with van der Waals surface area (Å²) in [6, 6.07) is 0. The van der Waals surface area contributed by atoms with E-state index >= 15 is 0 Å². The summed E-state index contributed by atoms with van der Waals surface area (Å²) < 4.78 is 0. The average molecular weight is 333 g/mol. The number of fused-ring (bicyclic) bond motifs is 5. The van der Waals surface area contributed by atoms with E-state index in [1.807, 2.05) is 6.92 Å². The molecule has 4 aliphatic carbocycles. The van der Waals surface area contributed by atoms with Gasteiger partial charge in [-0.15, -0.1) is 0 Å². The van der Waals surface area contributed by atoms with E-state index in [9.17, 15) is 9.90 Å². The number of carbonyl (C=O) groups excluding carboxylic acids is 1. The molecular weight excluding hydrogens is 296 g/mol. The van der Waals surface area contributed by atoms with Crippen LogP contribution in [0.15, 0.2) is 0 Å². The van der Waals surface area contributed by atoms with Gasteiger partial charge in [0.25, 0.3) is 0 Å².